The van der Waals surface area contributed by atoms with Gasteiger partial charge in [-0.2, -0.15) is 0 Å². The minimum atomic E-state index is 0.767. The summed E-state index contributed by atoms with van der Waals surface area (Å²) in [5, 5.41) is 3.74. The van der Waals surface area contributed by atoms with Crippen molar-refractivity contribution in [2.45, 2.75) is 72.3 Å². The molecule has 19 heavy (non-hydrogen) atoms. The van der Waals surface area contributed by atoms with Crippen LogP contribution in [0.15, 0.2) is 0 Å². The largest absolute Gasteiger partial charge is 0.314 e. The van der Waals surface area contributed by atoms with Crippen molar-refractivity contribution in [2.24, 2.45) is 11.8 Å². The topological polar surface area (TPSA) is 15.3 Å². The molecular weight excluding hydrogens is 232 g/mol. The van der Waals surface area contributed by atoms with E-state index in [2.05, 4.69) is 37.9 Å². The molecule has 0 aromatic heterocycles. The molecule has 1 N–H and O–H groups in total. The van der Waals surface area contributed by atoms with Gasteiger partial charge in [0.1, 0.15) is 0 Å². The van der Waals surface area contributed by atoms with E-state index < -0.39 is 0 Å². The summed E-state index contributed by atoms with van der Waals surface area (Å²) in [6.07, 6.45) is 8.31. The highest BCUT2D eigenvalue weighted by Crippen LogP contribution is 2.32. The summed E-state index contributed by atoms with van der Waals surface area (Å²) in [7, 11) is 0. The number of rotatable bonds is 9. The van der Waals surface area contributed by atoms with Crippen molar-refractivity contribution < 1.29 is 0 Å². The van der Waals surface area contributed by atoms with Gasteiger partial charge in [0.25, 0.3) is 0 Å². The fourth-order valence-electron chi connectivity index (χ4n) is 3.56. The van der Waals surface area contributed by atoms with E-state index in [9.17, 15) is 0 Å². The Morgan fingerprint density at radius 1 is 1.11 bits per heavy atom. The van der Waals surface area contributed by atoms with Crippen LogP contribution in [0, 0.1) is 11.8 Å². The Kier molecular flexibility index (Phi) is 8.72. The van der Waals surface area contributed by atoms with Gasteiger partial charge in [0.05, 0.1) is 0 Å². The number of hydrogen-bond donors (Lipinski definition) is 1. The predicted octanol–water partition coefficient (Wildman–Crippen LogP) is 3.91. The molecular formula is C17H36N2. The summed E-state index contributed by atoms with van der Waals surface area (Å²) in [5.41, 5.74) is 0. The van der Waals surface area contributed by atoms with E-state index >= 15 is 0 Å². The second-order valence-electron chi connectivity index (χ2n) is 6.26. The maximum absolute atomic E-state index is 3.74. The average Bonchev–Trinajstić information content (AvgIpc) is 2.45. The molecule has 3 atom stereocenters. The van der Waals surface area contributed by atoms with Crippen molar-refractivity contribution in [1.29, 1.82) is 0 Å². The van der Waals surface area contributed by atoms with Crippen LogP contribution in [0.4, 0.5) is 0 Å². The van der Waals surface area contributed by atoms with E-state index in [1.54, 1.807) is 0 Å². The number of hydrogen-bond acceptors (Lipinski definition) is 2. The van der Waals surface area contributed by atoms with Crippen LogP contribution in [0.1, 0.15) is 66.2 Å². The fourth-order valence-corrected chi connectivity index (χ4v) is 3.56. The first kappa shape index (κ1) is 17.0. The van der Waals surface area contributed by atoms with Crippen molar-refractivity contribution in [1.82, 2.24) is 10.2 Å². The standard InChI is InChI=1S/C17H36N2/c1-5-9-12-19(8-4)14-16-13-15(6-2)10-11-17(16)18-7-3/h15-18H,5-14H2,1-4H3. The quantitative estimate of drug-likeness (QED) is 0.682. The van der Waals surface area contributed by atoms with Crippen molar-refractivity contribution in [3.05, 3.63) is 0 Å². The molecule has 114 valence electrons. The molecule has 1 aliphatic rings. The molecule has 0 heterocycles. The lowest BCUT2D eigenvalue weighted by Gasteiger charge is -2.39. The fraction of sp³-hybridized carbons (Fsp3) is 1.00. The van der Waals surface area contributed by atoms with E-state index in [-0.39, 0.29) is 0 Å². The van der Waals surface area contributed by atoms with Gasteiger partial charge >= 0.3 is 0 Å². The van der Waals surface area contributed by atoms with Crippen LogP contribution in [0.3, 0.4) is 0 Å². The lowest BCUT2D eigenvalue weighted by atomic mass is 9.76. The van der Waals surface area contributed by atoms with Gasteiger partial charge in [0.2, 0.25) is 0 Å². The van der Waals surface area contributed by atoms with Crippen LogP contribution >= 0.6 is 0 Å². The van der Waals surface area contributed by atoms with E-state index in [0.29, 0.717) is 0 Å². The van der Waals surface area contributed by atoms with Crippen molar-refractivity contribution in [2.75, 3.05) is 26.2 Å². The summed E-state index contributed by atoms with van der Waals surface area (Å²) < 4.78 is 0. The van der Waals surface area contributed by atoms with Crippen molar-refractivity contribution >= 4 is 0 Å². The Bertz CT molecular complexity index is 217. The van der Waals surface area contributed by atoms with Gasteiger partial charge in [-0.3, -0.25) is 0 Å². The number of nitrogens with zero attached hydrogens (tertiary/aromatic N) is 1. The van der Waals surface area contributed by atoms with Gasteiger partial charge in [0, 0.05) is 12.6 Å². The predicted molar refractivity (Wildman–Crippen MR) is 85.6 cm³/mol. The van der Waals surface area contributed by atoms with Crippen LogP contribution in [-0.2, 0) is 0 Å². The normalized spacial score (nSPS) is 27.9. The summed E-state index contributed by atoms with van der Waals surface area (Å²) in [6, 6.07) is 0.767. The molecule has 2 heteroatoms. The molecule has 0 amide bonds. The van der Waals surface area contributed by atoms with Crippen LogP contribution in [0.5, 0.6) is 0 Å². The summed E-state index contributed by atoms with van der Waals surface area (Å²) >= 11 is 0. The summed E-state index contributed by atoms with van der Waals surface area (Å²) in [6.45, 7) is 14.2. The highest BCUT2D eigenvalue weighted by molar-refractivity contribution is 4.86. The maximum Gasteiger partial charge on any atom is 0.0108 e. The minimum Gasteiger partial charge on any atom is -0.314 e. The summed E-state index contributed by atoms with van der Waals surface area (Å²) in [4.78, 5) is 2.68. The molecule has 1 saturated carbocycles. The lowest BCUT2D eigenvalue weighted by Crippen LogP contribution is -2.46. The van der Waals surface area contributed by atoms with E-state index in [4.69, 9.17) is 0 Å². The third-order valence-electron chi connectivity index (χ3n) is 4.90. The first-order valence-electron chi connectivity index (χ1n) is 8.70. The van der Waals surface area contributed by atoms with Crippen LogP contribution in [0.25, 0.3) is 0 Å². The molecule has 0 radical (unpaired) electrons. The molecule has 3 unspecified atom stereocenters. The average molecular weight is 268 g/mol. The first-order valence-corrected chi connectivity index (χ1v) is 8.70. The molecule has 0 aliphatic heterocycles. The van der Waals surface area contributed by atoms with Crippen molar-refractivity contribution in [3.63, 3.8) is 0 Å². The Hall–Kier alpha value is -0.0800. The third kappa shape index (κ3) is 5.83. The highest BCUT2D eigenvalue weighted by Gasteiger charge is 2.30. The molecule has 1 rings (SSSR count). The first-order chi connectivity index (χ1) is 9.24. The van der Waals surface area contributed by atoms with Crippen LogP contribution in [-0.4, -0.2) is 37.1 Å². The molecule has 2 nitrogen and oxygen atoms in total. The third-order valence-corrected chi connectivity index (χ3v) is 4.90. The van der Waals surface area contributed by atoms with E-state index in [1.807, 2.05) is 0 Å². The Morgan fingerprint density at radius 2 is 1.89 bits per heavy atom. The van der Waals surface area contributed by atoms with Crippen LogP contribution < -0.4 is 5.32 Å². The zero-order chi connectivity index (χ0) is 14.1. The van der Waals surface area contributed by atoms with Gasteiger partial charge in [-0.05, 0) is 57.2 Å². The molecule has 0 aromatic carbocycles. The van der Waals surface area contributed by atoms with Crippen LogP contribution in [0.2, 0.25) is 0 Å². The van der Waals surface area contributed by atoms with Gasteiger partial charge in [-0.1, -0.05) is 40.5 Å². The van der Waals surface area contributed by atoms with Gasteiger partial charge in [0.15, 0.2) is 0 Å². The Balaban J connectivity index is 2.51. The van der Waals surface area contributed by atoms with Gasteiger partial charge < -0.3 is 10.2 Å². The van der Waals surface area contributed by atoms with E-state index in [0.717, 1.165) is 24.4 Å². The second-order valence-corrected chi connectivity index (χ2v) is 6.26. The molecule has 0 bridgehead atoms. The maximum atomic E-state index is 3.74. The molecule has 1 fully saturated rings. The number of nitrogens with one attached hydrogen (secondary N) is 1. The smallest absolute Gasteiger partial charge is 0.0108 e. The highest BCUT2D eigenvalue weighted by atomic mass is 15.1. The van der Waals surface area contributed by atoms with Gasteiger partial charge in [-0.15, -0.1) is 0 Å². The SMILES string of the molecule is CCCCN(CC)CC1CC(CC)CCC1NCC. The monoisotopic (exact) mass is 268 g/mol. The Labute approximate surface area is 121 Å². The molecule has 1 aliphatic carbocycles. The minimum absolute atomic E-state index is 0.767. The molecule has 0 aromatic rings. The molecule has 0 saturated heterocycles. The summed E-state index contributed by atoms with van der Waals surface area (Å²) in [5.74, 6) is 1.85. The van der Waals surface area contributed by atoms with Crippen molar-refractivity contribution in [3.8, 4) is 0 Å². The lowest BCUT2D eigenvalue weighted by molar-refractivity contribution is 0.140. The zero-order valence-corrected chi connectivity index (χ0v) is 13.8. The Morgan fingerprint density at radius 3 is 2.47 bits per heavy atom. The molecule has 0 spiro atoms. The zero-order valence-electron chi connectivity index (χ0n) is 13.8. The number of unbranched alkanes of at least 4 members (excludes halogenated alkanes) is 1. The second kappa shape index (κ2) is 9.77. The van der Waals surface area contributed by atoms with Gasteiger partial charge in [-0.25, -0.2) is 0 Å². The van der Waals surface area contributed by atoms with E-state index in [1.165, 1.54) is 58.2 Å².